The Hall–Kier alpha value is -14.4. The molecule has 42 nitrogen and oxygen atoms in total. The van der Waals surface area contributed by atoms with Gasteiger partial charge in [-0.25, -0.2) is 4.79 Å². The van der Waals surface area contributed by atoms with E-state index in [-0.39, 0.29) is 137 Å². The van der Waals surface area contributed by atoms with Crippen molar-refractivity contribution in [2.45, 2.75) is 270 Å². The molecule has 0 radical (unpaired) electrons. The number of phenols is 3. The minimum absolute atomic E-state index is 0.00865. The molecule has 7 aromatic rings. The number of rotatable bonds is 61. The number of carbonyl (C=O) groups is 16. The average Bonchev–Trinajstić information content (AvgIpc) is 1.72. The number of H-pyrrole nitrogens is 2. The number of aliphatic carboxylic acids is 1. The summed E-state index contributed by atoms with van der Waals surface area (Å²) in [7, 11) is 0. The normalized spacial score (nSPS) is 14.9. The fourth-order valence-corrected chi connectivity index (χ4v) is 16.6. The van der Waals surface area contributed by atoms with Crippen LogP contribution in [0, 0.1) is 35.0 Å². The van der Waals surface area contributed by atoms with Crippen molar-refractivity contribution in [1.82, 2.24) is 95.0 Å². The third kappa shape index (κ3) is 38.3. The highest BCUT2D eigenvalue weighted by molar-refractivity contribution is 7.98. The maximum atomic E-state index is 15.2. The second-order valence-electron chi connectivity index (χ2n) is 38.2. The quantitative estimate of drug-likeness (QED) is 0.0148. The molecule has 796 valence electrons. The molecule has 29 N–H and O–H groups in total. The van der Waals surface area contributed by atoms with Crippen molar-refractivity contribution < 1.29 is 97.1 Å². The molecule has 0 aliphatic heterocycles. The van der Waals surface area contributed by atoms with Crippen LogP contribution < -0.4 is 102 Å². The number of carboxylic acid groups (broad SMARTS) is 1. The number of fused-ring (bicyclic) bond motifs is 2. The van der Waals surface area contributed by atoms with Gasteiger partial charge in [-0.05, 0) is 190 Å². The highest BCUT2D eigenvalue weighted by Crippen LogP contribution is 2.25. The number of benzene rings is 5. The first-order chi connectivity index (χ1) is 69.3. The molecule has 15 amide bonds. The van der Waals surface area contributed by atoms with E-state index in [4.69, 9.17) is 22.6 Å². The number of carboxylic acids is 1. The Morgan fingerprint density at radius 3 is 1.12 bits per heavy atom. The van der Waals surface area contributed by atoms with Crippen LogP contribution in [0.25, 0.3) is 21.8 Å². The molecule has 0 fully saturated rings. The van der Waals surface area contributed by atoms with Gasteiger partial charge < -0.3 is 133 Å². The van der Waals surface area contributed by atoms with E-state index in [2.05, 4.69) is 95.0 Å². The van der Waals surface area contributed by atoms with Gasteiger partial charge in [-0.15, -0.1) is 0 Å². The average molecular weight is 2050 g/mol. The van der Waals surface area contributed by atoms with Gasteiger partial charge in [-0.2, -0.15) is 11.8 Å². The first kappa shape index (κ1) is 119. The summed E-state index contributed by atoms with van der Waals surface area (Å²) in [6.07, 6.45) is 5.53. The summed E-state index contributed by atoms with van der Waals surface area (Å²) in [4.78, 5) is 237. The monoisotopic (exact) mass is 2050 g/mol. The lowest BCUT2D eigenvalue weighted by molar-refractivity contribution is -0.142. The molecule has 2 heterocycles. The van der Waals surface area contributed by atoms with Crippen LogP contribution in [0.15, 0.2) is 134 Å². The molecule has 0 aliphatic rings. The van der Waals surface area contributed by atoms with Crippen molar-refractivity contribution in [2.24, 2.45) is 46.8 Å². The number of carbonyl (C=O) groups excluding carboxylic acids is 15. The van der Waals surface area contributed by atoms with Crippen molar-refractivity contribution in [3.05, 3.63) is 162 Å². The van der Waals surface area contributed by atoms with Crippen LogP contribution in [0.1, 0.15) is 175 Å². The second-order valence-corrected chi connectivity index (χ2v) is 39.2. The van der Waals surface area contributed by atoms with E-state index in [1.807, 2.05) is 12.1 Å². The van der Waals surface area contributed by atoms with E-state index >= 15 is 19.2 Å². The van der Waals surface area contributed by atoms with Crippen molar-refractivity contribution in [3.63, 3.8) is 0 Å². The van der Waals surface area contributed by atoms with Gasteiger partial charge >= 0.3 is 5.97 Å². The number of guanidine groups is 1. The first-order valence-electron chi connectivity index (χ1n) is 49.5. The summed E-state index contributed by atoms with van der Waals surface area (Å²) in [6.45, 7) is 19.7. The van der Waals surface area contributed by atoms with Crippen molar-refractivity contribution in [1.29, 1.82) is 5.41 Å². The molecule has 0 unspecified atom stereocenters. The fourth-order valence-electron chi connectivity index (χ4n) is 16.1. The largest absolute Gasteiger partial charge is 0.508 e. The lowest BCUT2D eigenvalue weighted by Gasteiger charge is -2.30. The molecule has 146 heavy (non-hydrogen) atoms. The number of hydrogen-bond acceptors (Lipinski definition) is 23. The molecule has 0 saturated heterocycles. The number of nitrogens with one attached hydrogen (secondary N) is 19. The van der Waals surface area contributed by atoms with E-state index in [0.717, 1.165) is 10.9 Å². The third-order valence-electron chi connectivity index (χ3n) is 25.1. The number of aromatic hydroxyl groups is 3. The van der Waals surface area contributed by atoms with E-state index in [9.17, 15) is 78.0 Å². The van der Waals surface area contributed by atoms with Crippen LogP contribution >= 0.6 is 11.8 Å². The predicted molar refractivity (Wildman–Crippen MR) is 554 cm³/mol. The number of hydrogen-bond donors (Lipinski definition) is 26. The Balaban J connectivity index is 1.05. The molecule has 0 bridgehead atoms. The number of nitrogens with two attached hydrogens (primary N) is 3. The number of aromatic nitrogens is 2. The number of aromatic amines is 2. The van der Waals surface area contributed by atoms with Crippen LogP contribution in [0.4, 0.5) is 0 Å². The number of thioether (sulfide) groups is 1. The van der Waals surface area contributed by atoms with Crippen LogP contribution in [0.5, 0.6) is 17.2 Å². The topological polar surface area (TPSA) is 680 Å². The van der Waals surface area contributed by atoms with Crippen LogP contribution in [-0.2, 0) is 109 Å². The maximum Gasteiger partial charge on any atom is 0.326 e. The van der Waals surface area contributed by atoms with Crippen molar-refractivity contribution in [2.75, 3.05) is 31.6 Å². The van der Waals surface area contributed by atoms with Gasteiger partial charge in [0.2, 0.25) is 88.6 Å². The first-order valence-corrected chi connectivity index (χ1v) is 50.9. The standard InChI is InChI=1S/C103H148N22O20S/c1-14-58(9)86(100(142)121-77(45-55(3)4)95(137)115-74(27-20-21-42-104)90(132)114-75(28-22-43-108-103(106)107)91(133)123-83(102(144)145)51-66-53-110-73-26-19-17-24-71(66)73)124-84(129)54-111-88(130)60(11)112-94(136)82(50-65-52-109-72-25-18-16-23-70(65)72)119-96(138)78(46-56(5)6)122-101(143)87(59(10)15-2)125-98(140)81(49-64-33-39-69(128)40-34-64)118-92(134)76(41-44-146-13)116-97(139)80(48-63-31-37-68(127)38-32-63)117-89(131)61(12)113-93(135)79(120-99(141)85(105)57(7)8)47-62-29-35-67(126)36-30-62/h16-19,23-26,29-40,52-53,55-61,74-83,85-87,109-110,126-128H,14-15,20-22,27-28,41-51,54,104-105H2,1-13H3,(H,111,130)(H,112,136)(H,113,135)(H,114,132)(H,115,137)(H,116,139)(H,117,131)(H,118,134)(H,119,138)(H,120,141)(H,121,142)(H,122,143)(H,123,133)(H,124,129)(H,125,140)(H,144,145)(H4,106,107,108)/t58-,59+,60-,61+,74-,75-,76+,77-,78+,79+,80+,81+,82+,83-,85+,86-,87+/m1/s1. The Morgan fingerprint density at radius 1 is 0.377 bits per heavy atom. The number of para-hydroxylation sites is 2. The zero-order chi connectivity index (χ0) is 108. The molecule has 0 spiro atoms. The molecule has 17 atom stereocenters. The lowest BCUT2D eigenvalue weighted by Crippen LogP contribution is -2.62. The van der Waals surface area contributed by atoms with E-state index in [1.54, 1.807) is 136 Å². The minimum Gasteiger partial charge on any atom is -0.508 e. The fraction of sp³-hybridized carbons (Fsp3) is 0.505. The summed E-state index contributed by atoms with van der Waals surface area (Å²) in [5.74, 6) is -16.4. The zero-order valence-corrected chi connectivity index (χ0v) is 86.0. The van der Waals surface area contributed by atoms with Gasteiger partial charge in [0.15, 0.2) is 5.96 Å². The molecule has 43 heteroatoms. The van der Waals surface area contributed by atoms with Gasteiger partial charge in [-0.3, -0.25) is 77.3 Å². The predicted octanol–water partition coefficient (Wildman–Crippen LogP) is 2.62. The van der Waals surface area contributed by atoms with Gasteiger partial charge in [0.1, 0.15) is 102 Å². The van der Waals surface area contributed by atoms with Crippen molar-refractivity contribution in [3.8, 4) is 17.2 Å². The third-order valence-corrected chi connectivity index (χ3v) is 25.8. The van der Waals surface area contributed by atoms with E-state index in [0.29, 0.717) is 58.0 Å². The minimum atomic E-state index is -1.54. The Labute approximate surface area is 854 Å². The summed E-state index contributed by atoms with van der Waals surface area (Å²) in [5, 5.41) is 93.2. The van der Waals surface area contributed by atoms with Gasteiger partial charge in [0, 0.05) is 72.8 Å². The van der Waals surface area contributed by atoms with Crippen molar-refractivity contribution >= 4 is 134 Å². The Kier molecular flexibility index (Phi) is 48.1. The summed E-state index contributed by atoms with van der Waals surface area (Å²) in [6, 6.07) is 11.1. The second kappa shape index (κ2) is 59.2. The molecule has 2 aromatic heterocycles. The lowest BCUT2D eigenvalue weighted by atomic mass is 9.95. The van der Waals surface area contributed by atoms with Crippen LogP contribution in [0.2, 0.25) is 0 Å². The van der Waals surface area contributed by atoms with Crippen LogP contribution in [-0.4, -0.2) is 253 Å². The zero-order valence-electron chi connectivity index (χ0n) is 85.1. The SMILES string of the molecule is CC[C@@H](C)[C@@H](NC(=O)CNC(=O)[C@@H](C)NC(=O)[C@H](Cc1c[nH]c2ccccc12)NC(=O)[C@H](CC(C)C)NC(=O)[C@@H](NC(=O)[C@H](Cc1ccc(O)cc1)NC(=O)[C@H](CCSC)NC(=O)[C@H](Cc1ccc(O)cc1)NC(=O)[C@H](C)NC(=O)[C@H](Cc1ccc(O)cc1)NC(=O)[C@@H](N)C(C)C)[C@@H](C)CC)C(=O)N[C@H](CC(C)C)C(=O)N[C@H](CCCCN)C(=O)N[C@H](CCCNC(=N)N)C(=O)N[C@H](Cc1c[nH]c2ccccc12)C(=O)O. The van der Waals surface area contributed by atoms with E-state index < -0.39 is 204 Å². The van der Waals surface area contributed by atoms with Crippen LogP contribution in [0.3, 0.4) is 0 Å². The molecule has 0 aliphatic carbocycles. The molecule has 7 rings (SSSR count). The molecule has 0 saturated carbocycles. The number of unbranched alkanes of at least 4 members (excludes halogenated alkanes) is 1. The Bertz CT molecular complexity index is 5570. The molecular weight excluding hydrogens is 1900 g/mol. The van der Waals surface area contributed by atoms with Gasteiger partial charge in [0.05, 0.1) is 12.6 Å². The summed E-state index contributed by atoms with van der Waals surface area (Å²) in [5.41, 5.74) is 21.6. The van der Waals surface area contributed by atoms with E-state index in [1.165, 1.54) is 86.3 Å². The summed E-state index contributed by atoms with van der Waals surface area (Å²) < 4.78 is 0. The Morgan fingerprint density at radius 2 is 0.719 bits per heavy atom. The molecular formula is C103H148N22O20S. The molecule has 5 aromatic carbocycles. The summed E-state index contributed by atoms with van der Waals surface area (Å²) >= 11 is 1.32. The maximum absolute atomic E-state index is 15.2. The highest BCUT2D eigenvalue weighted by atomic mass is 32.2. The number of phenolic OH excluding ortho intramolecular Hbond substituents is 3. The number of amides is 15. The van der Waals surface area contributed by atoms with Gasteiger partial charge in [-0.1, -0.05) is 155 Å². The smallest absolute Gasteiger partial charge is 0.326 e. The highest BCUT2D eigenvalue weighted by Gasteiger charge is 2.40. The van der Waals surface area contributed by atoms with Gasteiger partial charge in [0.25, 0.3) is 0 Å².